The molecule has 3 aromatic heterocycles. The van der Waals surface area contributed by atoms with E-state index in [0.29, 0.717) is 18.2 Å². The zero-order chi connectivity index (χ0) is 37.6. The van der Waals surface area contributed by atoms with E-state index in [1.165, 1.54) is 6.08 Å². The maximum atomic E-state index is 11.6. The molecule has 0 fully saturated rings. The van der Waals surface area contributed by atoms with Crippen molar-refractivity contribution in [1.82, 2.24) is 34.3 Å². The van der Waals surface area contributed by atoms with Crippen molar-refractivity contribution in [3.05, 3.63) is 204 Å². The predicted octanol–water partition coefficient (Wildman–Crippen LogP) is 8.93. The van der Waals surface area contributed by atoms with Crippen LogP contribution in [-0.2, 0) is 23.3 Å². The van der Waals surface area contributed by atoms with Gasteiger partial charge in [0.15, 0.2) is 11.4 Å². The number of hydrogen-bond acceptors (Lipinski definition) is 5. The molecular weight excluding hydrogens is 683 g/mol. The van der Waals surface area contributed by atoms with E-state index in [0.717, 1.165) is 63.3 Å². The maximum absolute atomic E-state index is 11.6. The van der Waals surface area contributed by atoms with Crippen molar-refractivity contribution in [3.8, 4) is 28.3 Å². The minimum absolute atomic E-state index is 0.516. The quantitative estimate of drug-likeness (QED) is 0.0942. The van der Waals surface area contributed by atoms with Gasteiger partial charge in [-0.05, 0) is 63.2 Å². The molecule has 0 aliphatic carbocycles. The Morgan fingerprint density at radius 3 is 1.84 bits per heavy atom. The van der Waals surface area contributed by atoms with Crippen molar-refractivity contribution >= 4 is 12.0 Å². The first-order valence-electron chi connectivity index (χ1n) is 18.4. The number of benzene rings is 5. The van der Waals surface area contributed by atoms with Crippen LogP contribution in [0.1, 0.15) is 47.1 Å². The highest BCUT2D eigenvalue weighted by molar-refractivity contribution is 5.85. The van der Waals surface area contributed by atoms with E-state index in [-0.39, 0.29) is 0 Å². The molecule has 5 aromatic carbocycles. The van der Waals surface area contributed by atoms with Crippen molar-refractivity contribution in [2.24, 2.45) is 0 Å². The summed E-state index contributed by atoms with van der Waals surface area (Å²) in [6.07, 6.45) is 8.31. The number of aryl methyl sites for hydroxylation is 1. The Bertz CT molecular complexity index is 2440. The first kappa shape index (κ1) is 34.9. The Kier molecular flexibility index (Phi) is 9.82. The molecule has 0 atom stereocenters. The van der Waals surface area contributed by atoms with Gasteiger partial charge in [0.05, 0.1) is 5.69 Å². The molecule has 0 aliphatic rings. The summed E-state index contributed by atoms with van der Waals surface area (Å²) >= 11 is 0. The van der Waals surface area contributed by atoms with E-state index >= 15 is 0 Å². The molecule has 8 aromatic rings. The number of carbonyl (C=O) groups is 1. The molecule has 0 saturated heterocycles. The lowest BCUT2D eigenvalue weighted by atomic mass is 9.77. The summed E-state index contributed by atoms with van der Waals surface area (Å²) < 4.78 is 4.03. The van der Waals surface area contributed by atoms with Crippen LogP contribution in [0.2, 0.25) is 0 Å². The summed E-state index contributed by atoms with van der Waals surface area (Å²) in [6, 6.07) is 51.4. The SMILES string of the molecule is CCCc1nc(-n2cccc2)c(/C=C/C(=O)O)n1Cc1ccc(-c2ccccc2-c2nnn(C(c3ccccc3)(c3ccccc3)c3ccccc3)n2)cc1. The van der Waals surface area contributed by atoms with Gasteiger partial charge < -0.3 is 14.2 Å². The van der Waals surface area contributed by atoms with Gasteiger partial charge >= 0.3 is 5.97 Å². The number of imidazole rings is 1. The number of hydrogen-bond donors (Lipinski definition) is 1. The monoisotopic (exact) mass is 721 g/mol. The number of carboxylic acids is 1. The largest absolute Gasteiger partial charge is 0.478 e. The molecule has 0 spiro atoms. The molecule has 8 rings (SSSR count). The highest BCUT2D eigenvalue weighted by Gasteiger charge is 2.41. The number of aliphatic carboxylic acids is 1. The lowest BCUT2D eigenvalue weighted by Gasteiger charge is -2.34. The van der Waals surface area contributed by atoms with Crippen LogP contribution in [-0.4, -0.2) is 45.4 Å². The fraction of sp³-hybridized carbons (Fsp3) is 0.109. The van der Waals surface area contributed by atoms with Gasteiger partial charge in [-0.15, -0.1) is 15.0 Å². The van der Waals surface area contributed by atoms with Gasteiger partial charge in [0.1, 0.15) is 5.82 Å². The third-order valence-electron chi connectivity index (χ3n) is 9.83. The molecule has 9 heteroatoms. The minimum atomic E-state index is -1.01. The standard InChI is InChI=1S/C46H39N7O2/c1-2-16-42-47-45(51-31-14-15-32-51)41(29-30-43(54)55)52(42)33-34-25-27-35(28-26-34)39-23-12-13-24-40(39)44-48-50-53(49-44)46(36-17-6-3-7-18-36,37-19-8-4-9-20-37)38-21-10-5-11-22-38/h3-15,17-32H,2,16,33H2,1H3,(H,54,55)/b30-29+. The van der Waals surface area contributed by atoms with Crippen LogP contribution in [0.3, 0.4) is 0 Å². The van der Waals surface area contributed by atoms with Crippen LogP contribution in [0.25, 0.3) is 34.4 Å². The molecule has 3 heterocycles. The van der Waals surface area contributed by atoms with E-state index in [4.69, 9.17) is 20.4 Å². The lowest BCUT2D eigenvalue weighted by Crippen LogP contribution is -2.39. The zero-order valence-corrected chi connectivity index (χ0v) is 30.4. The van der Waals surface area contributed by atoms with E-state index in [1.54, 1.807) is 10.9 Å². The number of carboxylic acid groups (broad SMARTS) is 1. The van der Waals surface area contributed by atoms with E-state index in [1.807, 2.05) is 102 Å². The predicted molar refractivity (Wildman–Crippen MR) is 215 cm³/mol. The molecule has 0 amide bonds. The summed E-state index contributed by atoms with van der Waals surface area (Å²) in [6.45, 7) is 2.65. The average Bonchev–Trinajstić information content (AvgIpc) is 4.01. The third kappa shape index (κ3) is 6.79. The van der Waals surface area contributed by atoms with Crippen LogP contribution < -0.4 is 0 Å². The van der Waals surface area contributed by atoms with Crippen molar-refractivity contribution in [2.75, 3.05) is 0 Å². The molecule has 0 bridgehead atoms. The van der Waals surface area contributed by atoms with Crippen LogP contribution in [0, 0.1) is 0 Å². The van der Waals surface area contributed by atoms with Gasteiger partial charge in [-0.25, -0.2) is 9.78 Å². The Morgan fingerprint density at radius 2 is 1.27 bits per heavy atom. The second kappa shape index (κ2) is 15.5. The third-order valence-corrected chi connectivity index (χ3v) is 9.83. The van der Waals surface area contributed by atoms with Crippen LogP contribution in [0.4, 0.5) is 0 Å². The second-order valence-corrected chi connectivity index (χ2v) is 13.3. The lowest BCUT2D eigenvalue weighted by molar-refractivity contribution is -0.131. The van der Waals surface area contributed by atoms with Crippen LogP contribution in [0.5, 0.6) is 0 Å². The minimum Gasteiger partial charge on any atom is -0.478 e. The summed E-state index contributed by atoms with van der Waals surface area (Å²) in [5, 5.41) is 24.1. The summed E-state index contributed by atoms with van der Waals surface area (Å²) in [5.74, 6) is 1.11. The summed E-state index contributed by atoms with van der Waals surface area (Å²) in [5.41, 5.74) is 6.82. The fourth-order valence-electron chi connectivity index (χ4n) is 7.32. The summed E-state index contributed by atoms with van der Waals surface area (Å²) in [7, 11) is 0. The number of rotatable bonds is 13. The smallest absolute Gasteiger partial charge is 0.328 e. The molecule has 9 nitrogen and oxygen atoms in total. The highest BCUT2D eigenvalue weighted by Crippen LogP contribution is 2.40. The van der Waals surface area contributed by atoms with Crippen molar-refractivity contribution in [3.63, 3.8) is 0 Å². The van der Waals surface area contributed by atoms with Crippen molar-refractivity contribution in [1.29, 1.82) is 0 Å². The van der Waals surface area contributed by atoms with E-state index in [2.05, 4.69) is 78.2 Å². The topological polar surface area (TPSA) is 104 Å². The normalized spacial score (nSPS) is 11.7. The molecule has 0 radical (unpaired) electrons. The van der Waals surface area contributed by atoms with Gasteiger partial charge in [-0.1, -0.05) is 146 Å². The van der Waals surface area contributed by atoms with Crippen molar-refractivity contribution in [2.45, 2.75) is 31.8 Å². The molecule has 1 N–H and O–H groups in total. The number of nitrogens with zero attached hydrogens (tertiary/aromatic N) is 7. The highest BCUT2D eigenvalue weighted by atomic mass is 16.4. The molecule has 55 heavy (non-hydrogen) atoms. The fourth-order valence-corrected chi connectivity index (χ4v) is 7.32. The molecule has 0 saturated carbocycles. The number of tetrazole rings is 1. The first-order chi connectivity index (χ1) is 27.1. The van der Waals surface area contributed by atoms with Gasteiger partial charge in [-0.3, -0.25) is 0 Å². The average molecular weight is 722 g/mol. The zero-order valence-electron chi connectivity index (χ0n) is 30.4. The van der Waals surface area contributed by atoms with Gasteiger partial charge in [0.25, 0.3) is 0 Å². The maximum Gasteiger partial charge on any atom is 0.328 e. The Labute approximate surface area is 319 Å². The second-order valence-electron chi connectivity index (χ2n) is 13.3. The molecule has 270 valence electrons. The number of aromatic nitrogens is 7. The Hall–Kier alpha value is -7.13. The first-order valence-corrected chi connectivity index (χ1v) is 18.4. The van der Waals surface area contributed by atoms with E-state index < -0.39 is 11.5 Å². The Morgan fingerprint density at radius 1 is 0.709 bits per heavy atom. The molecular formula is C46H39N7O2. The van der Waals surface area contributed by atoms with Gasteiger partial charge in [-0.2, -0.15) is 0 Å². The molecule has 0 unspecified atom stereocenters. The van der Waals surface area contributed by atoms with Gasteiger partial charge in [0, 0.05) is 37.0 Å². The van der Waals surface area contributed by atoms with Gasteiger partial charge in [0.2, 0.25) is 5.82 Å². The molecule has 0 aliphatic heterocycles. The summed E-state index contributed by atoms with van der Waals surface area (Å²) in [4.78, 5) is 18.3. The van der Waals surface area contributed by atoms with Crippen molar-refractivity contribution < 1.29 is 9.90 Å². The van der Waals surface area contributed by atoms with E-state index in [9.17, 15) is 9.90 Å². The Balaban J connectivity index is 1.17. The van der Waals surface area contributed by atoms with Crippen LogP contribution >= 0.6 is 0 Å². The van der Waals surface area contributed by atoms with Crippen LogP contribution in [0.15, 0.2) is 170 Å².